The number of ketones is 1. The monoisotopic (exact) mass is 464 g/mol. The van der Waals surface area contributed by atoms with Crippen molar-refractivity contribution in [2.75, 3.05) is 13.2 Å². The molecule has 0 saturated heterocycles. The van der Waals surface area contributed by atoms with E-state index >= 15 is 0 Å². The average Bonchev–Trinajstić information content (AvgIpc) is 3.22. The first-order valence-electron chi connectivity index (χ1n) is 11.1. The molecule has 0 N–H and O–H groups in total. The van der Waals surface area contributed by atoms with E-state index in [1.807, 2.05) is 48.5 Å². The van der Waals surface area contributed by atoms with E-state index in [0.717, 1.165) is 34.6 Å². The number of carbonyl (C=O) groups excluding carboxylic acids is 2. The minimum atomic E-state index is -0.450. The number of hydrogen-bond donors (Lipinski definition) is 0. The van der Waals surface area contributed by atoms with E-state index in [4.69, 9.17) is 25.5 Å². The van der Waals surface area contributed by atoms with Crippen LogP contribution in [0.2, 0.25) is 5.02 Å². The fourth-order valence-corrected chi connectivity index (χ4v) is 4.14. The van der Waals surface area contributed by atoms with Gasteiger partial charge in [-0.15, -0.1) is 0 Å². The number of esters is 1. The molecule has 0 bridgehead atoms. The van der Waals surface area contributed by atoms with Gasteiger partial charge in [0.25, 0.3) is 0 Å². The first-order valence-corrected chi connectivity index (χ1v) is 11.5. The van der Waals surface area contributed by atoms with Gasteiger partial charge in [0.05, 0.1) is 17.2 Å². The molecule has 0 aliphatic rings. The standard InChI is InChI=1S/C27H25ClO5/c1-3-5-9-21(29)25-20-8-6-7-10-22(20)33-27(25)18-11-13-19-17(15-18)12-14-23(26(19)28)32-16-24(30)31-4-2/h6-8,10-15H,3-5,9,16H2,1-2H3. The highest BCUT2D eigenvalue weighted by molar-refractivity contribution is 6.37. The maximum Gasteiger partial charge on any atom is 0.344 e. The highest BCUT2D eigenvalue weighted by Crippen LogP contribution is 2.39. The molecule has 0 amide bonds. The molecule has 4 rings (SSSR count). The van der Waals surface area contributed by atoms with Crippen LogP contribution in [0.4, 0.5) is 0 Å². The number of hydrogen-bond acceptors (Lipinski definition) is 5. The summed E-state index contributed by atoms with van der Waals surface area (Å²) in [4.78, 5) is 24.7. The van der Waals surface area contributed by atoms with Crippen molar-refractivity contribution in [3.05, 3.63) is 65.2 Å². The van der Waals surface area contributed by atoms with Crippen LogP contribution < -0.4 is 4.74 Å². The molecule has 6 heteroatoms. The lowest BCUT2D eigenvalue weighted by molar-refractivity contribution is -0.145. The number of para-hydroxylation sites is 1. The molecule has 0 aliphatic heterocycles. The van der Waals surface area contributed by atoms with Crippen LogP contribution in [0.5, 0.6) is 5.75 Å². The van der Waals surface area contributed by atoms with Crippen LogP contribution in [0.15, 0.2) is 59.0 Å². The van der Waals surface area contributed by atoms with Crippen LogP contribution >= 0.6 is 11.6 Å². The van der Waals surface area contributed by atoms with Crippen molar-refractivity contribution in [3.63, 3.8) is 0 Å². The Morgan fingerprint density at radius 1 is 1.00 bits per heavy atom. The van der Waals surface area contributed by atoms with E-state index in [2.05, 4.69) is 6.92 Å². The lowest BCUT2D eigenvalue weighted by Crippen LogP contribution is -2.14. The Kier molecular flexibility index (Phi) is 6.99. The largest absolute Gasteiger partial charge is 0.480 e. The summed E-state index contributed by atoms with van der Waals surface area (Å²) in [6.07, 6.45) is 2.26. The number of fused-ring (bicyclic) bond motifs is 2. The van der Waals surface area contributed by atoms with Crippen molar-refractivity contribution in [2.24, 2.45) is 0 Å². The molecule has 33 heavy (non-hydrogen) atoms. The molecule has 0 aliphatic carbocycles. The zero-order valence-electron chi connectivity index (χ0n) is 18.7. The molecule has 170 valence electrons. The third-order valence-electron chi connectivity index (χ3n) is 5.46. The van der Waals surface area contributed by atoms with E-state index in [1.54, 1.807) is 13.0 Å². The van der Waals surface area contributed by atoms with Gasteiger partial charge in [0.15, 0.2) is 12.4 Å². The van der Waals surface area contributed by atoms with Crippen molar-refractivity contribution >= 4 is 45.1 Å². The Bertz CT molecular complexity index is 1320. The lowest BCUT2D eigenvalue weighted by Gasteiger charge is -2.11. The second-order valence-electron chi connectivity index (χ2n) is 7.74. The van der Waals surface area contributed by atoms with E-state index in [1.165, 1.54) is 0 Å². The SMILES string of the molecule is CCCCC(=O)c1c(-c2ccc3c(Cl)c(OCC(=O)OCC)ccc3c2)oc2ccccc12. The number of Topliss-reactive ketones (excluding diaryl/α,β-unsaturated/α-hetero) is 1. The second kappa shape index (κ2) is 10.1. The summed E-state index contributed by atoms with van der Waals surface area (Å²) in [6, 6.07) is 16.9. The Morgan fingerprint density at radius 2 is 1.82 bits per heavy atom. The van der Waals surface area contributed by atoms with Crippen LogP contribution in [-0.4, -0.2) is 25.0 Å². The number of benzene rings is 3. The Morgan fingerprint density at radius 3 is 2.61 bits per heavy atom. The summed E-state index contributed by atoms with van der Waals surface area (Å²) in [5.41, 5.74) is 2.11. The molecule has 0 fully saturated rings. The predicted octanol–water partition coefficient (Wildman–Crippen LogP) is 7.22. The predicted molar refractivity (Wildman–Crippen MR) is 130 cm³/mol. The number of furan rings is 1. The summed E-state index contributed by atoms with van der Waals surface area (Å²) < 4.78 is 16.6. The minimum Gasteiger partial charge on any atom is -0.480 e. The molecular weight excluding hydrogens is 440 g/mol. The van der Waals surface area contributed by atoms with Gasteiger partial charge in [-0.05, 0) is 36.9 Å². The molecule has 5 nitrogen and oxygen atoms in total. The first kappa shape index (κ1) is 22.9. The normalized spacial score (nSPS) is 11.1. The van der Waals surface area contributed by atoms with Gasteiger partial charge < -0.3 is 13.9 Å². The summed E-state index contributed by atoms with van der Waals surface area (Å²) in [6.45, 7) is 3.89. The number of ether oxygens (including phenoxy) is 2. The number of rotatable bonds is 9. The van der Waals surface area contributed by atoms with E-state index in [9.17, 15) is 9.59 Å². The topological polar surface area (TPSA) is 65.7 Å². The van der Waals surface area contributed by atoms with Gasteiger partial charge in [0.2, 0.25) is 0 Å². The van der Waals surface area contributed by atoms with Gasteiger partial charge in [-0.25, -0.2) is 4.79 Å². The Hall–Kier alpha value is -3.31. The van der Waals surface area contributed by atoms with E-state index in [-0.39, 0.29) is 12.4 Å². The van der Waals surface area contributed by atoms with E-state index in [0.29, 0.717) is 40.7 Å². The summed E-state index contributed by atoms with van der Waals surface area (Å²) >= 11 is 6.55. The van der Waals surface area contributed by atoms with Crippen LogP contribution in [0, 0.1) is 0 Å². The molecule has 0 unspecified atom stereocenters. The molecule has 0 radical (unpaired) electrons. The Labute approximate surface area is 197 Å². The highest BCUT2D eigenvalue weighted by atomic mass is 35.5. The van der Waals surface area contributed by atoms with Gasteiger partial charge >= 0.3 is 5.97 Å². The van der Waals surface area contributed by atoms with Crippen molar-refractivity contribution in [3.8, 4) is 17.1 Å². The fourth-order valence-electron chi connectivity index (χ4n) is 3.85. The number of unbranched alkanes of at least 4 members (excludes halogenated alkanes) is 1. The van der Waals surface area contributed by atoms with Gasteiger partial charge in [-0.2, -0.15) is 0 Å². The van der Waals surface area contributed by atoms with Crippen molar-refractivity contribution < 1.29 is 23.5 Å². The summed E-state index contributed by atoms with van der Waals surface area (Å²) in [7, 11) is 0. The van der Waals surface area contributed by atoms with Crippen LogP contribution in [0.1, 0.15) is 43.5 Å². The third-order valence-corrected chi connectivity index (χ3v) is 5.85. The molecule has 0 atom stereocenters. The summed E-state index contributed by atoms with van der Waals surface area (Å²) in [5.74, 6) is 0.605. The summed E-state index contributed by atoms with van der Waals surface area (Å²) in [5, 5.41) is 2.88. The zero-order chi connectivity index (χ0) is 23.4. The van der Waals surface area contributed by atoms with Gasteiger partial charge in [0, 0.05) is 22.8 Å². The minimum absolute atomic E-state index is 0.0812. The number of halogens is 1. The van der Waals surface area contributed by atoms with Gasteiger partial charge in [-0.3, -0.25) is 4.79 Å². The van der Waals surface area contributed by atoms with Crippen LogP contribution in [0.3, 0.4) is 0 Å². The van der Waals surface area contributed by atoms with Gasteiger partial charge in [-0.1, -0.05) is 61.3 Å². The smallest absolute Gasteiger partial charge is 0.344 e. The quantitative estimate of drug-likeness (QED) is 0.193. The molecule has 0 saturated carbocycles. The van der Waals surface area contributed by atoms with Crippen molar-refractivity contribution in [1.82, 2.24) is 0 Å². The van der Waals surface area contributed by atoms with Crippen LogP contribution in [0.25, 0.3) is 33.1 Å². The number of carbonyl (C=O) groups is 2. The van der Waals surface area contributed by atoms with Crippen molar-refractivity contribution in [2.45, 2.75) is 33.1 Å². The Balaban J connectivity index is 1.73. The third kappa shape index (κ3) is 4.74. The fraction of sp³-hybridized carbons (Fsp3) is 0.259. The average molecular weight is 465 g/mol. The highest BCUT2D eigenvalue weighted by Gasteiger charge is 2.22. The molecule has 1 aromatic heterocycles. The maximum absolute atomic E-state index is 13.1. The van der Waals surface area contributed by atoms with Gasteiger partial charge in [0.1, 0.15) is 17.1 Å². The van der Waals surface area contributed by atoms with E-state index < -0.39 is 5.97 Å². The molecule has 0 spiro atoms. The zero-order valence-corrected chi connectivity index (χ0v) is 19.4. The second-order valence-corrected chi connectivity index (χ2v) is 8.11. The molecule has 4 aromatic rings. The maximum atomic E-state index is 13.1. The first-order chi connectivity index (χ1) is 16.0. The van der Waals surface area contributed by atoms with Crippen LogP contribution in [-0.2, 0) is 9.53 Å². The molecule has 1 heterocycles. The lowest BCUT2D eigenvalue weighted by atomic mass is 9.97. The molecular formula is C27H25ClO5. The molecule has 3 aromatic carbocycles. The van der Waals surface area contributed by atoms with Crippen molar-refractivity contribution in [1.29, 1.82) is 0 Å².